The second kappa shape index (κ2) is 5.37. The third kappa shape index (κ3) is 2.89. The fourth-order valence-electron chi connectivity index (χ4n) is 2.19. The van der Waals surface area contributed by atoms with Gasteiger partial charge in [0.1, 0.15) is 5.75 Å². The summed E-state index contributed by atoms with van der Waals surface area (Å²) in [5.41, 5.74) is 2.64. The summed E-state index contributed by atoms with van der Waals surface area (Å²) in [6.45, 7) is 8.21. The molecule has 2 heteroatoms. The molecule has 1 aromatic rings. The van der Waals surface area contributed by atoms with Crippen molar-refractivity contribution >= 4 is 0 Å². The van der Waals surface area contributed by atoms with Crippen LogP contribution in [0.1, 0.15) is 32.4 Å². The van der Waals surface area contributed by atoms with Gasteiger partial charge in [-0.2, -0.15) is 0 Å². The topological polar surface area (TPSA) is 21.3 Å². The Morgan fingerprint density at radius 2 is 2.18 bits per heavy atom. The molecular formula is C15H21NO. The van der Waals surface area contributed by atoms with Crippen LogP contribution in [0.25, 0.3) is 0 Å². The number of rotatable bonds is 3. The van der Waals surface area contributed by atoms with Crippen molar-refractivity contribution in [2.75, 3.05) is 13.2 Å². The van der Waals surface area contributed by atoms with Crippen LogP contribution in [0.15, 0.2) is 35.9 Å². The first kappa shape index (κ1) is 12.2. The second-order valence-electron chi connectivity index (χ2n) is 4.99. The molecule has 0 aromatic heterocycles. The first-order valence-corrected chi connectivity index (χ1v) is 6.27. The molecule has 2 unspecified atom stereocenters. The molecule has 92 valence electrons. The summed E-state index contributed by atoms with van der Waals surface area (Å²) in [6.07, 6.45) is 2.23. The summed E-state index contributed by atoms with van der Waals surface area (Å²) in [7, 11) is 0. The number of benzene rings is 1. The van der Waals surface area contributed by atoms with E-state index >= 15 is 0 Å². The third-order valence-electron chi connectivity index (χ3n) is 3.17. The van der Waals surface area contributed by atoms with Crippen molar-refractivity contribution in [1.82, 2.24) is 5.32 Å². The van der Waals surface area contributed by atoms with Crippen LogP contribution < -0.4 is 10.1 Å². The number of hydrogen-bond donors (Lipinski definition) is 1. The van der Waals surface area contributed by atoms with Crippen LogP contribution in [-0.4, -0.2) is 13.2 Å². The van der Waals surface area contributed by atoms with E-state index in [1.807, 2.05) is 6.07 Å². The molecular weight excluding hydrogens is 210 g/mol. The van der Waals surface area contributed by atoms with Crippen molar-refractivity contribution in [2.24, 2.45) is 5.92 Å². The summed E-state index contributed by atoms with van der Waals surface area (Å²) >= 11 is 0. The molecule has 0 aliphatic carbocycles. The van der Waals surface area contributed by atoms with Gasteiger partial charge in [-0.25, -0.2) is 0 Å². The van der Waals surface area contributed by atoms with Crippen LogP contribution in [0.3, 0.4) is 0 Å². The van der Waals surface area contributed by atoms with E-state index in [4.69, 9.17) is 4.74 Å². The van der Waals surface area contributed by atoms with Gasteiger partial charge in [-0.3, -0.25) is 0 Å². The van der Waals surface area contributed by atoms with Crippen molar-refractivity contribution in [3.8, 4) is 5.75 Å². The Hall–Kier alpha value is -1.28. The van der Waals surface area contributed by atoms with Crippen molar-refractivity contribution in [3.63, 3.8) is 0 Å². The van der Waals surface area contributed by atoms with Crippen LogP contribution >= 0.6 is 0 Å². The molecule has 1 aromatic carbocycles. The monoisotopic (exact) mass is 231 g/mol. The summed E-state index contributed by atoms with van der Waals surface area (Å²) < 4.78 is 5.74. The lowest BCUT2D eigenvalue weighted by Gasteiger charge is -2.32. The standard InChI is InChI=1S/C15H21NO/c1-11(2)8-9-16-15-12(3)10-17-14-7-5-4-6-13(14)15/h4-8,12,15-16H,9-10H2,1-3H3. The van der Waals surface area contributed by atoms with Crippen molar-refractivity contribution < 1.29 is 4.74 Å². The highest BCUT2D eigenvalue weighted by molar-refractivity contribution is 5.38. The highest BCUT2D eigenvalue weighted by Crippen LogP contribution is 2.34. The molecule has 0 amide bonds. The van der Waals surface area contributed by atoms with E-state index < -0.39 is 0 Å². The zero-order chi connectivity index (χ0) is 12.3. The van der Waals surface area contributed by atoms with E-state index in [1.54, 1.807) is 0 Å². The average Bonchev–Trinajstić information content (AvgIpc) is 2.32. The Kier molecular flexibility index (Phi) is 3.85. The van der Waals surface area contributed by atoms with Gasteiger partial charge in [0.05, 0.1) is 6.61 Å². The quantitative estimate of drug-likeness (QED) is 0.806. The minimum atomic E-state index is 0.399. The summed E-state index contributed by atoms with van der Waals surface area (Å²) in [5, 5.41) is 3.60. The Balaban J connectivity index is 2.12. The van der Waals surface area contributed by atoms with Crippen molar-refractivity contribution in [3.05, 3.63) is 41.5 Å². The first-order valence-electron chi connectivity index (χ1n) is 6.27. The molecule has 2 atom stereocenters. The number of para-hydroxylation sites is 1. The van der Waals surface area contributed by atoms with Gasteiger partial charge in [-0.05, 0) is 19.9 Å². The summed E-state index contributed by atoms with van der Waals surface area (Å²) in [5.74, 6) is 1.54. The molecule has 0 fully saturated rings. The Labute approximate surface area is 104 Å². The lowest BCUT2D eigenvalue weighted by molar-refractivity contribution is 0.191. The van der Waals surface area contributed by atoms with E-state index in [0.717, 1.165) is 18.9 Å². The molecule has 1 aliphatic heterocycles. The summed E-state index contributed by atoms with van der Waals surface area (Å²) in [6, 6.07) is 8.72. The van der Waals surface area contributed by atoms with E-state index in [-0.39, 0.29) is 0 Å². The normalized spacial score (nSPS) is 22.5. The predicted molar refractivity (Wildman–Crippen MR) is 71.3 cm³/mol. The zero-order valence-corrected chi connectivity index (χ0v) is 10.9. The predicted octanol–water partition coefficient (Wildman–Crippen LogP) is 3.31. The van der Waals surface area contributed by atoms with E-state index in [2.05, 4.69) is 50.4 Å². The number of ether oxygens (including phenoxy) is 1. The largest absolute Gasteiger partial charge is 0.493 e. The molecule has 2 rings (SSSR count). The Bertz CT molecular complexity index is 407. The summed E-state index contributed by atoms with van der Waals surface area (Å²) in [4.78, 5) is 0. The molecule has 0 spiro atoms. The van der Waals surface area contributed by atoms with Gasteiger partial charge in [0, 0.05) is 24.1 Å². The number of allylic oxidation sites excluding steroid dienone is 1. The molecule has 1 N–H and O–H groups in total. The van der Waals surface area contributed by atoms with E-state index in [9.17, 15) is 0 Å². The fourth-order valence-corrected chi connectivity index (χ4v) is 2.19. The molecule has 17 heavy (non-hydrogen) atoms. The lowest BCUT2D eigenvalue weighted by atomic mass is 9.92. The van der Waals surface area contributed by atoms with Gasteiger partial charge >= 0.3 is 0 Å². The first-order chi connectivity index (χ1) is 8.18. The molecule has 0 bridgehead atoms. The SMILES string of the molecule is CC(C)=CCNC1c2ccccc2OCC1C. The lowest BCUT2D eigenvalue weighted by Crippen LogP contribution is -2.34. The molecule has 0 saturated heterocycles. The van der Waals surface area contributed by atoms with E-state index in [0.29, 0.717) is 12.0 Å². The van der Waals surface area contributed by atoms with Crippen molar-refractivity contribution in [1.29, 1.82) is 0 Å². The second-order valence-corrected chi connectivity index (χ2v) is 4.99. The maximum Gasteiger partial charge on any atom is 0.124 e. The minimum absolute atomic E-state index is 0.399. The van der Waals surface area contributed by atoms with Crippen LogP contribution in [0.4, 0.5) is 0 Å². The smallest absolute Gasteiger partial charge is 0.124 e. The fraction of sp³-hybridized carbons (Fsp3) is 0.467. The van der Waals surface area contributed by atoms with Crippen LogP contribution in [0, 0.1) is 5.92 Å². The van der Waals surface area contributed by atoms with Gasteiger partial charge in [0.25, 0.3) is 0 Å². The highest BCUT2D eigenvalue weighted by atomic mass is 16.5. The number of fused-ring (bicyclic) bond motifs is 1. The van der Waals surface area contributed by atoms with E-state index in [1.165, 1.54) is 11.1 Å². The molecule has 2 nitrogen and oxygen atoms in total. The van der Waals surface area contributed by atoms with Gasteiger partial charge < -0.3 is 10.1 Å². The molecule has 1 aliphatic rings. The zero-order valence-electron chi connectivity index (χ0n) is 10.9. The highest BCUT2D eigenvalue weighted by Gasteiger charge is 2.26. The van der Waals surface area contributed by atoms with Crippen LogP contribution in [0.5, 0.6) is 5.75 Å². The van der Waals surface area contributed by atoms with Gasteiger partial charge in [-0.15, -0.1) is 0 Å². The third-order valence-corrected chi connectivity index (χ3v) is 3.17. The number of hydrogen-bond acceptors (Lipinski definition) is 2. The van der Waals surface area contributed by atoms with Gasteiger partial charge in [-0.1, -0.05) is 36.8 Å². The van der Waals surface area contributed by atoms with Crippen LogP contribution in [-0.2, 0) is 0 Å². The molecule has 1 heterocycles. The van der Waals surface area contributed by atoms with Crippen LogP contribution in [0.2, 0.25) is 0 Å². The van der Waals surface area contributed by atoms with Gasteiger partial charge in [0.15, 0.2) is 0 Å². The maximum absolute atomic E-state index is 5.74. The van der Waals surface area contributed by atoms with Crippen molar-refractivity contribution in [2.45, 2.75) is 26.8 Å². The molecule has 0 radical (unpaired) electrons. The minimum Gasteiger partial charge on any atom is -0.493 e. The average molecular weight is 231 g/mol. The van der Waals surface area contributed by atoms with Gasteiger partial charge in [0.2, 0.25) is 0 Å². The Morgan fingerprint density at radius 1 is 1.41 bits per heavy atom. The number of nitrogens with one attached hydrogen (secondary N) is 1. The maximum atomic E-state index is 5.74. The Morgan fingerprint density at radius 3 is 2.94 bits per heavy atom. The molecule has 0 saturated carbocycles.